The van der Waals surface area contributed by atoms with Gasteiger partial charge in [-0.25, -0.2) is 8.78 Å². The third kappa shape index (κ3) is 2.47. The van der Waals surface area contributed by atoms with E-state index >= 15 is 0 Å². The largest absolute Gasteiger partial charge is 0.329 e. The highest BCUT2D eigenvalue weighted by Crippen LogP contribution is 2.39. The van der Waals surface area contributed by atoms with Crippen molar-refractivity contribution in [3.8, 4) is 0 Å². The Bertz CT molecular complexity index is 482. The van der Waals surface area contributed by atoms with Gasteiger partial charge in [-0.15, -0.1) is 0 Å². The van der Waals surface area contributed by atoms with Gasteiger partial charge in [0.05, 0.1) is 0 Å². The zero-order valence-electron chi connectivity index (χ0n) is 11.7. The third-order valence-corrected chi connectivity index (χ3v) is 4.81. The smallest absolute Gasteiger partial charge is 0.130 e. The van der Waals surface area contributed by atoms with Crippen LogP contribution < -0.4 is 5.73 Å². The Morgan fingerprint density at radius 1 is 1.10 bits per heavy atom. The molecule has 1 aliphatic heterocycles. The second kappa shape index (κ2) is 5.78. The van der Waals surface area contributed by atoms with Crippen LogP contribution in [-0.2, 0) is 6.54 Å². The zero-order chi connectivity index (χ0) is 14.1. The monoisotopic (exact) mass is 280 g/mol. The van der Waals surface area contributed by atoms with Crippen molar-refractivity contribution >= 4 is 0 Å². The minimum Gasteiger partial charge on any atom is -0.329 e. The van der Waals surface area contributed by atoms with Crippen LogP contribution in [0.25, 0.3) is 0 Å². The first kappa shape index (κ1) is 14.0. The van der Waals surface area contributed by atoms with Crippen LogP contribution in [0.4, 0.5) is 8.78 Å². The van der Waals surface area contributed by atoms with E-state index in [1.807, 2.05) is 0 Å². The van der Waals surface area contributed by atoms with Crippen molar-refractivity contribution in [1.29, 1.82) is 0 Å². The lowest BCUT2D eigenvalue weighted by molar-refractivity contribution is 0.134. The van der Waals surface area contributed by atoms with Crippen LogP contribution in [-0.4, -0.2) is 17.5 Å². The number of fused-ring (bicyclic) bond motifs is 1. The highest BCUT2D eigenvalue weighted by atomic mass is 19.1. The molecule has 1 aromatic rings. The molecule has 1 heterocycles. The maximum absolute atomic E-state index is 14.0. The van der Waals surface area contributed by atoms with E-state index in [1.165, 1.54) is 31.7 Å². The molecule has 2 aliphatic rings. The molecule has 0 saturated heterocycles. The van der Waals surface area contributed by atoms with E-state index in [1.54, 1.807) is 0 Å². The summed E-state index contributed by atoms with van der Waals surface area (Å²) in [5.74, 6) is -0.919. The lowest BCUT2D eigenvalue weighted by Crippen LogP contribution is -2.36. The molecule has 1 fully saturated rings. The minimum atomic E-state index is -0.498. The molecule has 1 saturated carbocycles. The molecule has 0 aromatic heterocycles. The number of nitrogens with two attached hydrogens (primary N) is 1. The van der Waals surface area contributed by atoms with Gasteiger partial charge in [0.2, 0.25) is 0 Å². The van der Waals surface area contributed by atoms with Crippen molar-refractivity contribution < 1.29 is 8.78 Å². The number of hydrogen-bond acceptors (Lipinski definition) is 2. The molecule has 0 amide bonds. The predicted octanol–water partition coefficient (Wildman–Crippen LogP) is 3.50. The maximum atomic E-state index is 14.0. The number of benzene rings is 1. The van der Waals surface area contributed by atoms with E-state index in [-0.39, 0.29) is 6.04 Å². The summed E-state index contributed by atoms with van der Waals surface area (Å²) in [5.41, 5.74) is 7.30. The van der Waals surface area contributed by atoms with Crippen molar-refractivity contribution in [2.45, 2.75) is 57.2 Å². The predicted molar refractivity (Wildman–Crippen MR) is 75.2 cm³/mol. The Balaban J connectivity index is 1.89. The minimum absolute atomic E-state index is 0.0294. The molecule has 1 unspecified atom stereocenters. The standard InChI is InChI=1S/C16H22F2N2/c17-11-7-13-14(15(18)8-11)10-20(16(13)9-19)12-5-3-1-2-4-6-12/h7-8,12,16H,1-6,9-10,19H2. The normalized spacial score (nSPS) is 24.6. The summed E-state index contributed by atoms with van der Waals surface area (Å²) in [6.07, 6.45) is 7.32. The summed E-state index contributed by atoms with van der Waals surface area (Å²) >= 11 is 0. The average molecular weight is 280 g/mol. The highest BCUT2D eigenvalue weighted by molar-refractivity contribution is 5.36. The second-order valence-electron chi connectivity index (χ2n) is 6.02. The summed E-state index contributed by atoms with van der Waals surface area (Å²) in [6.45, 7) is 1.00. The molecule has 0 radical (unpaired) electrons. The van der Waals surface area contributed by atoms with E-state index in [2.05, 4.69) is 4.90 Å². The van der Waals surface area contributed by atoms with Gasteiger partial charge in [0.15, 0.2) is 0 Å². The number of hydrogen-bond donors (Lipinski definition) is 1. The first-order chi connectivity index (χ1) is 9.70. The van der Waals surface area contributed by atoms with E-state index in [4.69, 9.17) is 5.73 Å². The van der Waals surface area contributed by atoms with Gasteiger partial charge in [-0.05, 0) is 24.5 Å². The van der Waals surface area contributed by atoms with Gasteiger partial charge in [-0.3, -0.25) is 4.90 Å². The van der Waals surface area contributed by atoms with Gasteiger partial charge in [-0.1, -0.05) is 25.7 Å². The molecule has 0 bridgehead atoms. The van der Waals surface area contributed by atoms with Crippen LogP contribution in [0.15, 0.2) is 12.1 Å². The molecule has 1 aromatic carbocycles. The number of halogens is 2. The Hall–Kier alpha value is -1.00. The van der Waals surface area contributed by atoms with Gasteiger partial charge in [0, 0.05) is 36.8 Å². The van der Waals surface area contributed by atoms with Crippen LogP contribution in [0.1, 0.15) is 55.7 Å². The first-order valence-corrected chi connectivity index (χ1v) is 7.64. The van der Waals surface area contributed by atoms with Crippen LogP contribution in [0, 0.1) is 11.6 Å². The molecule has 20 heavy (non-hydrogen) atoms. The van der Waals surface area contributed by atoms with Crippen molar-refractivity contribution in [3.63, 3.8) is 0 Å². The zero-order valence-corrected chi connectivity index (χ0v) is 11.7. The molecule has 0 spiro atoms. The van der Waals surface area contributed by atoms with Crippen LogP contribution in [0.5, 0.6) is 0 Å². The molecule has 1 aliphatic carbocycles. The average Bonchev–Trinajstić information content (AvgIpc) is 2.61. The quantitative estimate of drug-likeness (QED) is 0.840. The lowest BCUT2D eigenvalue weighted by atomic mass is 10.0. The van der Waals surface area contributed by atoms with Gasteiger partial charge in [0.25, 0.3) is 0 Å². The van der Waals surface area contributed by atoms with E-state index < -0.39 is 11.6 Å². The lowest BCUT2D eigenvalue weighted by Gasteiger charge is -2.32. The van der Waals surface area contributed by atoms with Gasteiger partial charge in [-0.2, -0.15) is 0 Å². The summed E-state index contributed by atoms with van der Waals surface area (Å²) in [4.78, 5) is 2.30. The van der Waals surface area contributed by atoms with Crippen molar-refractivity contribution in [2.24, 2.45) is 5.73 Å². The molecule has 2 nitrogen and oxygen atoms in total. The van der Waals surface area contributed by atoms with Gasteiger partial charge in [0.1, 0.15) is 11.6 Å². The fraction of sp³-hybridized carbons (Fsp3) is 0.625. The van der Waals surface area contributed by atoms with Crippen molar-refractivity contribution in [1.82, 2.24) is 4.90 Å². The molecule has 1 atom stereocenters. The molecule has 4 heteroatoms. The Morgan fingerprint density at radius 3 is 2.45 bits per heavy atom. The Kier molecular flexibility index (Phi) is 4.03. The molecule has 110 valence electrons. The molecular formula is C16H22F2N2. The summed E-state index contributed by atoms with van der Waals surface area (Å²) < 4.78 is 27.4. The summed E-state index contributed by atoms with van der Waals surface area (Å²) in [5, 5.41) is 0. The van der Waals surface area contributed by atoms with Crippen LogP contribution >= 0.6 is 0 Å². The molecule has 3 rings (SSSR count). The maximum Gasteiger partial charge on any atom is 0.130 e. The van der Waals surface area contributed by atoms with Gasteiger partial charge >= 0.3 is 0 Å². The molecule has 2 N–H and O–H groups in total. The van der Waals surface area contributed by atoms with E-state index in [9.17, 15) is 8.78 Å². The van der Waals surface area contributed by atoms with E-state index in [0.717, 1.165) is 24.5 Å². The van der Waals surface area contributed by atoms with Crippen molar-refractivity contribution in [3.05, 3.63) is 34.9 Å². The third-order valence-electron chi connectivity index (χ3n) is 4.81. The highest BCUT2D eigenvalue weighted by Gasteiger charge is 2.36. The summed E-state index contributed by atoms with van der Waals surface area (Å²) in [6, 6.07) is 2.88. The SMILES string of the molecule is NCC1c2cc(F)cc(F)c2CN1C1CCCCCC1. The first-order valence-electron chi connectivity index (χ1n) is 7.64. The topological polar surface area (TPSA) is 29.3 Å². The number of nitrogens with zero attached hydrogens (tertiary/aromatic N) is 1. The molecular weight excluding hydrogens is 258 g/mol. The second-order valence-corrected chi connectivity index (χ2v) is 6.02. The number of rotatable bonds is 2. The van der Waals surface area contributed by atoms with Gasteiger partial charge < -0.3 is 5.73 Å². The van der Waals surface area contributed by atoms with Crippen LogP contribution in [0.3, 0.4) is 0 Å². The van der Waals surface area contributed by atoms with Crippen LogP contribution in [0.2, 0.25) is 0 Å². The fourth-order valence-corrected chi connectivity index (χ4v) is 3.79. The Morgan fingerprint density at radius 2 is 1.80 bits per heavy atom. The fourth-order valence-electron chi connectivity index (χ4n) is 3.79. The van der Waals surface area contributed by atoms with Crippen molar-refractivity contribution in [2.75, 3.05) is 6.54 Å². The van der Waals surface area contributed by atoms with E-state index in [0.29, 0.717) is 24.7 Å². The summed E-state index contributed by atoms with van der Waals surface area (Å²) in [7, 11) is 0. The Labute approximate surface area is 118 Å².